The molecule has 0 aromatic heterocycles. The highest BCUT2D eigenvalue weighted by molar-refractivity contribution is 6.42. The fourth-order valence-electron chi connectivity index (χ4n) is 3.97. The van der Waals surface area contributed by atoms with Gasteiger partial charge in [-0.2, -0.15) is 0 Å². The Morgan fingerprint density at radius 3 is 2.44 bits per heavy atom. The minimum atomic E-state index is -0.428. The molecule has 1 N–H and O–H groups in total. The average molecular weight is 530 g/mol. The number of methoxy groups -OCH3 is 1. The van der Waals surface area contributed by atoms with E-state index in [1.54, 1.807) is 12.1 Å². The molecule has 3 aromatic rings. The molecule has 0 radical (unpaired) electrons. The molecule has 190 valence electrons. The van der Waals surface area contributed by atoms with E-state index in [0.29, 0.717) is 41.2 Å². The van der Waals surface area contributed by atoms with Crippen LogP contribution in [-0.2, 0) is 22.6 Å². The van der Waals surface area contributed by atoms with Gasteiger partial charge in [0, 0.05) is 6.04 Å². The molecule has 36 heavy (non-hydrogen) atoms. The van der Waals surface area contributed by atoms with Gasteiger partial charge in [0.2, 0.25) is 0 Å². The third-order valence-electron chi connectivity index (χ3n) is 5.77. The zero-order valence-electron chi connectivity index (χ0n) is 20.4. The maximum Gasteiger partial charge on any atom is 0.323 e. The standard InChI is InChI=1S/C28H29Cl2NO5/c1-17(2)31-24(28(32)33-3)13-18-5-11-25-26(14-18)35-16-27(36-25)20-6-8-21(9-7-20)34-15-19-4-10-22(29)23(30)12-19/h4-12,14,17,24,27,31H,13,15-16H2,1-3H3/t24-,27?/m0/s1. The fraction of sp³-hybridized carbons (Fsp3) is 0.321. The molecule has 1 heterocycles. The fourth-order valence-corrected chi connectivity index (χ4v) is 4.29. The van der Waals surface area contributed by atoms with Crippen molar-refractivity contribution in [2.45, 2.75) is 45.1 Å². The van der Waals surface area contributed by atoms with E-state index >= 15 is 0 Å². The Bertz CT molecular complexity index is 1200. The van der Waals surface area contributed by atoms with Gasteiger partial charge in [-0.3, -0.25) is 4.79 Å². The van der Waals surface area contributed by atoms with Crippen LogP contribution >= 0.6 is 23.2 Å². The average Bonchev–Trinajstić information content (AvgIpc) is 2.88. The SMILES string of the molecule is COC(=O)[C@H](Cc1ccc2c(c1)OCC(c1ccc(OCc3ccc(Cl)c(Cl)c3)cc1)O2)NC(C)C. The lowest BCUT2D eigenvalue weighted by atomic mass is 10.0. The van der Waals surface area contributed by atoms with Crippen molar-refractivity contribution in [2.24, 2.45) is 0 Å². The molecule has 4 rings (SSSR count). The summed E-state index contributed by atoms with van der Waals surface area (Å²) in [7, 11) is 1.40. The van der Waals surface area contributed by atoms with E-state index in [4.69, 9.17) is 42.1 Å². The summed E-state index contributed by atoms with van der Waals surface area (Å²) in [6, 6.07) is 18.7. The molecule has 0 spiro atoms. The summed E-state index contributed by atoms with van der Waals surface area (Å²) < 4.78 is 23.0. The van der Waals surface area contributed by atoms with Crippen molar-refractivity contribution in [3.63, 3.8) is 0 Å². The van der Waals surface area contributed by atoms with Crippen molar-refractivity contribution in [3.05, 3.63) is 87.4 Å². The lowest BCUT2D eigenvalue weighted by molar-refractivity contribution is -0.143. The quantitative estimate of drug-likeness (QED) is 0.334. The van der Waals surface area contributed by atoms with Crippen molar-refractivity contribution >= 4 is 29.2 Å². The number of carbonyl (C=O) groups excluding carboxylic acids is 1. The van der Waals surface area contributed by atoms with Crippen LogP contribution in [0.15, 0.2) is 60.7 Å². The highest BCUT2D eigenvalue weighted by Crippen LogP contribution is 2.37. The second kappa shape index (κ2) is 11.9. The molecular weight excluding hydrogens is 501 g/mol. The number of hydrogen-bond acceptors (Lipinski definition) is 6. The number of carbonyl (C=O) groups is 1. The zero-order chi connectivity index (χ0) is 25.7. The topological polar surface area (TPSA) is 66.0 Å². The summed E-state index contributed by atoms with van der Waals surface area (Å²) in [4.78, 5) is 12.1. The van der Waals surface area contributed by atoms with Gasteiger partial charge in [-0.25, -0.2) is 0 Å². The minimum Gasteiger partial charge on any atom is -0.489 e. The first-order valence-corrected chi connectivity index (χ1v) is 12.5. The van der Waals surface area contributed by atoms with Gasteiger partial charge >= 0.3 is 5.97 Å². The van der Waals surface area contributed by atoms with Crippen LogP contribution in [0, 0.1) is 0 Å². The van der Waals surface area contributed by atoms with Crippen LogP contribution < -0.4 is 19.5 Å². The van der Waals surface area contributed by atoms with E-state index in [2.05, 4.69) is 5.32 Å². The maximum absolute atomic E-state index is 12.1. The Hall–Kier alpha value is -2.93. The van der Waals surface area contributed by atoms with Gasteiger partial charge in [0.1, 0.15) is 25.0 Å². The summed E-state index contributed by atoms with van der Waals surface area (Å²) in [5.41, 5.74) is 2.88. The van der Waals surface area contributed by atoms with Crippen LogP contribution in [0.5, 0.6) is 17.2 Å². The van der Waals surface area contributed by atoms with Crippen LogP contribution in [0.4, 0.5) is 0 Å². The Kier molecular flexibility index (Phi) is 8.62. The van der Waals surface area contributed by atoms with E-state index in [1.165, 1.54) is 7.11 Å². The summed E-state index contributed by atoms with van der Waals surface area (Å²) in [6.45, 7) is 4.76. The van der Waals surface area contributed by atoms with Gasteiger partial charge in [-0.05, 0) is 59.5 Å². The van der Waals surface area contributed by atoms with Gasteiger partial charge in [0.25, 0.3) is 0 Å². The number of fused-ring (bicyclic) bond motifs is 1. The molecule has 8 heteroatoms. The van der Waals surface area contributed by atoms with E-state index in [-0.39, 0.29) is 18.1 Å². The highest BCUT2D eigenvalue weighted by atomic mass is 35.5. The van der Waals surface area contributed by atoms with Crippen LogP contribution in [0.3, 0.4) is 0 Å². The monoisotopic (exact) mass is 529 g/mol. The molecule has 0 bridgehead atoms. The molecule has 2 atom stereocenters. The van der Waals surface area contributed by atoms with Crippen LogP contribution in [0.25, 0.3) is 0 Å². The summed E-state index contributed by atoms with van der Waals surface area (Å²) in [6.07, 6.45) is 0.257. The molecule has 0 aliphatic carbocycles. The molecule has 1 aliphatic heterocycles. The molecule has 0 fully saturated rings. The largest absolute Gasteiger partial charge is 0.489 e. The van der Waals surface area contributed by atoms with Crippen LogP contribution in [0.1, 0.15) is 36.6 Å². The van der Waals surface area contributed by atoms with Crippen LogP contribution in [-0.4, -0.2) is 31.8 Å². The van der Waals surface area contributed by atoms with Gasteiger partial charge in [-0.15, -0.1) is 0 Å². The van der Waals surface area contributed by atoms with Crippen molar-refractivity contribution in [3.8, 4) is 17.2 Å². The molecule has 0 saturated carbocycles. The second-order valence-electron chi connectivity index (χ2n) is 8.91. The minimum absolute atomic E-state index is 0.153. The zero-order valence-corrected chi connectivity index (χ0v) is 21.9. The van der Waals surface area contributed by atoms with Gasteiger partial charge in [0.05, 0.1) is 17.2 Å². The first kappa shape index (κ1) is 26.1. The summed E-state index contributed by atoms with van der Waals surface area (Å²) in [5, 5.41) is 4.27. The molecule has 6 nitrogen and oxygen atoms in total. The molecule has 3 aromatic carbocycles. The number of ether oxygens (including phenoxy) is 4. The van der Waals surface area contributed by atoms with Crippen molar-refractivity contribution in [1.29, 1.82) is 0 Å². The Morgan fingerprint density at radius 2 is 1.75 bits per heavy atom. The summed E-state index contributed by atoms with van der Waals surface area (Å²) in [5.74, 6) is 1.78. The Labute approximate surface area is 221 Å². The molecule has 0 saturated heterocycles. The summed E-state index contributed by atoms with van der Waals surface area (Å²) >= 11 is 12.0. The van der Waals surface area contributed by atoms with E-state index < -0.39 is 6.04 Å². The Balaban J connectivity index is 1.36. The van der Waals surface area contributed by atoms with E-state index in [1.807, 2.05) is 62.4 Å². The van der Waals surface area contributed by atoms with Gasteiger partial charge < -0.3 is 24.3 Å². The molecule has 0 amide bonds. The van der Waals surface area contributed by atoms with Gasteiger partial charge in [-0.1, -0.05) is 61.3 Å². The first-order chi connectivity index (χ1) is 17.3. The highest BCUT2D eigenvalue weighted by Gasteiger charge is 2.25. The molecule has 1 aliphatic rings. The number of benzene rings is 3. The van der Waals surface area contributed by atoms with Gasteiger partial charge in [0.15, 0.2) is 17.6 Å². The maximum atomic E-state index is 12.1. The number of esters is 1. The lowest BCUT2D eigenvalue weighted by Gasteiger charge is -2.27. The van der Waals surface area contributed by atoms with Crippen molar-refractivity contribution in [2.75, 3.05) is 13.7 Å². The van der Waals surface area contributed by atoms with E-state index in [0.717, 1.165) is 22.4 Å². The predicted octanol–water partition coefficient (Wildman–Crippen LogP) is 6.17. The third-order valence-corrected chi connectivity index (χ3v) is 6.51. The predicted molar refractivity (Wildman–Crippen MR) is 140 cm³/mol. The number of rotatable bonds is 9. The number of nitrogens with one attached hydrogen (secondary N) is 1. The number of halogens is 2. The second-order valence-corrected chi connectivity index (χ2v) is 9.72. The normalized spacial score (nSPS) is 15.4. The molecule has 1 unspecified atom stereocenters. The smallest absolute Gasteiger partial charge is 0.323 e. The Morgan fingerprint density at radius 1 is 1.00 bits per heavy atom. The van der Waals surface area contributed by atoms with Crippen LogP contribution in [0.2, 0.25) is 10.0 Å². The van der Waals surface area contributed by atoms with Crippen molar-refractivity contribution < 1.29 is 23.7 Å². The van der Waals surface area contributed by atoms with Crippen molar-refractivity contribution in [1.82, 2.24) is 5.32 Å². The van der Waals surface area contributed by atoms with E-state index in [9.17, 15) is 4.79 Å². The first-order valence-electron chi connectivity index (χ1n) is 11.8. The third kappa shape index (κ3) is 6.64. The molecular formula is C28H29Cl2NO5. The lowest BCUT2D eigenvalue weighted by Crippen LogP contribution is -2.43. The number of hydrogen-bond donors (Lipinski definition) is 1.